The van der Waals surface area contributed by atoms with Crippen molar-refractivity contribution in [2.75, 3.05) is 24.6 Å². The molecule has 5 nitrogen and oxygen atoms in total. The zero-order chi connectivity index (χ0) is 13.4. The van der Waals surface area contributed by atoms with Gasteiger partial charge in [-0.1, -0.05) is 0 Å². The summed E-state index contributed by atoms with van der Waals surface area (Å²) in [5.41, 5.74) is 8.44. The molecule has 1 aliphatic carbocycles. The molecule has 0 spiro atoms. The second-order valence-electron chi connectivity index (χ2n) is 5.49. The maximum absolute atomic E-state index is 5.76. The first kappa shape index (κ1) is 12.3. The van der Waals surface area contributed by atoms with Gasteiger partial charge in [0.15, 0.2) is 0 Å². The number of likely N-dealkylation sites (N-methyl/N-ethyl adjacent to an activating group) is 1. The SMILES string of the molecule is CC(CNc1nc2ccc(N)cc2[nH]1)N(C)C1CC1. The highest BCUT2D eigenvalue weighted by Crippen LogP contribution is 2.27. The van der Waals surface area contributed by atoms with Crippen LogP contribution in [-0.2, 0) is 0 Å². The summed E-state index contributed by atoms with van der Waals surface area (Å²) in [6, 6.07) is 7.01. The summed E-state index contributed by atoms with van der Waals surface area (Å²) >= 11 is 0. The van der Waals surface area contributed by atoms with Gasteiger partial charge in [0.25, 0.3) is 0 Å². The van der Waals surface area contributed by atoms with Gasteiger partial charge in [0.2, 0.25) is 5.95 Å². The fraction of sp³-hybridized carbons (Fsp3) is 0.500. The predicted octanol–water partition coefficient (Wildman–Crippen LogP) is 2.04. The minimum absolute atomic E-state index is 0.505. The van der Waals surface area contributed by atoms with Gasteiger partial charge in [0.05, 0.1) is 11.0 Å². The zero-order valence-electron chi connectivity index (χ0n) is 11.5. The van der Waals surface area contributed by atoms with Crippen LogP contribution in [0.5, 0.6) is 0 Å². The Balaban J connectivity index is 1.64. The van der Waals surface area contributed by atoms with Crippen molar-refractivity contribution in [3.05, 3.63) is 18.2 Å². The van der Waals surface area contributed by atoms with Crippen molar-refractivity contribution < 1.29 is 0 Å². The van der Waals surface area contributed by atoms with Crippen LogP contribution in [0.1, 0.15) is 19.8 Å². The van der Waals surface area contributed by atoms with Gasteiger partial charge in [0.1, 0.15) is 0 Å². The first-order valence-electron chi connectivity index (χ1n) is 6.84. The normalized spacial score (nSPS) is 17.0. The standard InChI is InChI=1S/C14H21N5/c1-9(19(2)11-4-5-11)8-16-14-17-12-6-3-10(15)7-13(12)18-14/h3,6-7,9,11H,4-5,8,15H2,1-2H3,(H2,16,17,18). The first-order chi connectivity index (χ1) is 9.13. The molecule has 1 aromatic heterocycles. The smallest absolute Gasteiger partial charge is 0.201 e. The summed E-state index contributed by atoms with van der Waals surface area (Å²) in [6.45, 7) is 3.13. The molecular formula is C14H21N5. The van der Waals surface area contributed by atoms with Crippen molar-refractivity contribution in [2.45, 2.75) is 31.8 Å². The largest absolute Gasteiger partial charge is 0.399 e. The van der Waals surface area contributed by atoms with E-state index >= 15 is 0 Å². The Hall–Kier alpha value is -1.75. The van der Waals surface area contributed by atoms with Crippen LogP contribution in [-0.4, -0.2) is 40.5 Å². The number of nitrogens with zero attached hydrogens (tertiary/aromatic N) is 2. The van der Waals surface area contributed by atoms with Crippen LogP contribution in [0.15, 0.2) is 18.2 Å². The Morgan fingerprint density at radius 3 is 3.05 bits per heavy atom. The highest BCUT2D eigenvalue weighted by molar-refractivity contribution is 5.80. The van der Waals surface area contributed by atoms with E-state index in [1.54, 1.807) is 0 Å². The molecular weight excluding hydrogens is 238 g/mol. The summed E-state index contributed by atoms with van der Waals surface area (Å²) in [6.07, 6.45) is 2.68. The van der Waals surface area contributed by atoms with Crippen LogP contribution in [0.4, 0.5) is 11.6 Å². The summed E-state index contributed by atoms with van der Waals surface area (Å²) < 4.78 is 0. The van der Waals surface area contributed by atoms with E-state index in [1.165, 1.54) is 12.8 Å². The molecule has 19 heavy (non-hydrogen) atoms. The van der Waals surface area contributed by atoms with Crippen LogP contribution in [0.25, 0.3) is 11.0 Å². The third-order valence-corrected chi connectivity index (χ3v) is 3.89. The highest BCUT2D eigenvalue weighted by atomic mass is 15.2. The number of nitrogens with two attached hydrogens (primary N) is 1. The Kier molecular flexibility index (Phi) is 3.06. The molecule has 0 aliphatic heterocycles. The lowest BCUT2D eigenvalue weighted by atomic mass is 10.3. The lowest BCUT2D eigenvalue weighted by molar-refractivity contribution is 0.257. The predicted molar refractivity (Wildman–Crippen MR) is 79.2 cm³/mol. The monoisotopic (exact) mass is 259 g/mol. The van der Waals surface area contributed by atoms with Gasteiger partial charge in [-0.05, 0) is 45.0 Å². The Morgan fingerprint density at radius 2 is 2.32 bits per heavy atom. The van der Waals surface area contributed by atoms with Gasteiger partial charge < -0.3 is 16.0 Å². The minimum atomic E-state index is 0.505. The third-order valence-electron chi connectivity index (χ3n) is 3.89. The van der Waals surface area contributed by atoms with Crippen LogP contribution >= 0.6 is 0 Å². The number of anilines is 2. The molecule has 5 heteroatoms. The summed E-state index contributed by atoms with van der Waals surface area (Å²) in [7, 11) is 2.20. The van der Waals surface area contributed by atoms with Crippen molar-refractivity contribution in [3.8, 4) is 0 Å². The zero-order valence-corrected chi connectivity index (χ0v) is 11.5. The maximum atomic E-state index is 5.76. The van der Waals surface area contributed by atoms with E-state index in [2.05, 4.69) is 34.2 Å². The molecule has 0 saturated heterocycles. The fourth-order valence-corrected chi connectivity index (χ4v) is 2.34. The molecule has 1 aliphatic rings. The van der Waals surface area contributed by atoms with Gasteiger partial charge in [-0.3, -0.25) is 4.90 Å². The van der Waals surface area contributed by atoms with Crippen molar-refractivity contribution in [3.63, 3.8) is 0 Å². The third kappa shape index (κ3) is 2.66. The average Bonchev–Trinajstić information content (AvgIpc) is 3.16. The van der Waals surface area contributed by atoms with E-state index in [4.69, 9.17) is 5.73 Å². The van der Waals surface area contributed by atoms with E-state index in [0.717, 1.165) is 35.3 Å². The van der Waals surface area contributed by atoms with Crippen LogP contribution in [0, 0.1) is 0 Å². The number of H-pyrrole nitrogens is 1. The van der Waals surface area contributed by atoms with Crippen LogP contribution < -0.4 is 11.1 Å². The van der Waals surface area contributed by atoms with E-state index < -0.39 is 0 Å². The van der Waals surface area contributed by atoms with Crippen molar-refractivity contribution in [1.29, 1.82) is 0 Å². The van der Waals surface area contributed by atoms with Gasteiger partial charge >= 0.3 is 0 Å². The summed E-state index contributed by atoms with van der Waals surface area (Å²) in [5.74, 6) is 0.816. The second kappa shape index (κ2) is 4.74. The molecule has 1 saturated carbocycles. The molecule has 1 aromatic carbocycles. The quantitative estimate of drug-likeness (QED) is 0.719. The van der Waals surface area contributed by atoms with E-state index in [0.29, 0.717) is 6.04 Å². The van der Waals surface area contributed by atoms with E-state index in [9.17, 15) is 0 Å². The molecule has 1 heterocycles. The number of benzene rings is 1. The molecule has 2 aromatic rings. The molecule has 0 bridgehead atoms. The van der Waals surface area contributed by atoms with Gasteiger partial charge in [-0.25, -0.2) is 4.98 Å². The van der Waals surface area contributed by atoms with Crippen molar-refractivity contribution >= 4 is 22.7 Å². The minimum Gasteiger partial charge on any atom is -0.399 e. The number of aromatic amines is 1. The number of nitrogen functional groups attached to an aromatic ring is 1. The molecule has 4 N–H and O–H groups in total. The summed E-state index contributed by atoms with van der Waals surface area (Å²) in [5, 5.41) is 3.37. The number of imidazole rings is 1. The Labute approximate surface area is 113 Å². The lowest BCUT2D eigenvalue weighted by Gasteiger charge is -2.24. The number of aromatic nitrogens is 2. The Morgan fingerprint density at radius 1 is 1.53 bits per heavy atom. The van der Waals surface area contributed by atoms with E-state index in [1.807, 2.05) is 18.2 Å². The second-order valence-corrected chi connectivity index (χ2v) is 5.49. The first-order valence-corrected chi connectivity index (χ1v) is 6.84. The molecule has 1 fully saturated rings. The maximum Gasteiger partial charge on any atom is 0.201 e. The van der Waals surface area contributed by atoms with Crippen molar-refractivity contribution in [2.24, 2.45) is 0 Å². The average molecular weight is 259 g/mol. The van der Waals surface area contributed by atoms with E-state index in [-0.39, 0.29) is 0 Å². The van der Waals surface area contributed by atoms with Crippen LogP contribution in [0.2, 0.25) is 0 Å². The number of hydrogen-bond acceptors (Lipinski definition) is 4. The molecule has 1 atom stereocenters. The molecule has 3 rings (SSSR count). The Bertz CT molecular complexity index is 572. The summed E-state index contributed by atoms with van der Waals surface area (Å²) in [4.78, 5) is 10.2. The number of hydrogen-bond donors (Lipinski definition) is 3. The lowest BCUT2D eigenvalue weighted by Crippen LogP contribution is -2.36. The topological polar surface area (TPSA) is 70.0 Å². The van der Waals surface area contributed by atoms with Gasteiger partial charge in [-0.2, -0.15) is 0 Å². The number of fused-ring (bicyclic) bond motifs is 1. The van der Waals surface area contributed by atoms with Crippen molar-refractivity contribution in [1.82, 2.24) is 14.9 Å². The highest BCUT2D eigenvalue weighted by Gasteiger charge is 2.28. The fourth-order valence-electron chi connectivity index (χ4n) is 2.34. The number of rotatable bonds is 5. The van der Waals surface area contributed by atoms with Gasteiger partial charge in [-0.15, -0.1) is 0 Å². The molecule has 1 unspecified atom stereocenters. The molecule has 0 radical (unpaired) electrons. The van der Waals surface area contributed by atoms with Gasteiger partial charge in [0, 0.05) is 24.3 Å². The molecule has 102 valence electrons. The van der Waals surface area contributed by atoms with Crippen LogP contribution in [0.3, 0.4) is 0 Å². The molecule has 0 amide bonds. The number of nitrogens with one attached hydrogen (secondary N) is 2.